The molecule has 2 rings (SSSR count). The van der Waals surface area contributed by atoms with Gasteiger partial charge in [0.1, 0.15) is 0 Å². The maximum absolute atomic E-state index is 6.38. The van der Waals surface area contributed by atoms with E-state index in [1.54, 1.807) is 30.3 Å². The molecule has 0 nitrogen and oxygen atoms in total. The van der Waals surface area contributed by atoms with E-state index >= 15 is 0 Å². The molecule has 2 aromatic carbocycles. The Balaban J connectivity index is 2.43. The van der Waals surface area contributed by atoms with Crippen molar-refractivity contribution in [3.63, 3.8) is 0 Å². The highest BCUT2D eigenvalue weighted by molar-refractivity contribution is 6.38. The summed E-state index contributed by atoms with van der Waals surface area (Å²) in [5, 5.41) is 1.41. The number of halogens is 4. The molecule has 4 heteroatoms. The van der Waals surface area contributed by atoms with Crippen molar-refractivity contribution in [2.45, 2.75) is 5.38 Å². The second-order valence-electron chi connectivity index (χ2n) is 3.55. The van der Waals surface area contributed by atoms with E-state index in [4.69, 9.17) is 46.4 Å². The van der Waals surface area contributed by atoms with Crippen LogP contribution in [0.15, 0.2) is 42.5 Å². The van der Waals surface area contributed by atoms with Crippen LogP contribution in [0.1, 0.15) is 16.5 Å². The number of benzene rings is 2. The summed E-state index contributed by atoms with van der Waals surface area (Å²) in [5.41, 5.74) is 1.63. The Hall–Kier alpha value is -0.400. The number of alkyl halides is 1. The lowest BCUT2D eigenvalue weighted by Crippen LogP contribution is -1.95. The van der Waals surface area contributed by atoms with E-state index in [1.165, 1.54) is 0 Å². The van der Waals surface area contributed by atoms with E-state index in [9.17, 15) is 0 Å². The lowest BCUT2D eigenvalue weighted by atomic mass is 10.0. The molecule has 0 saturated heterocycles. The highest BCUT2D eigenvalue weighted by atomic mass is 35.5. The zero-order valence-corrected chi connectivity index (χ0v) is 11.7. The second kappa shape index (κ2) is 5.49. The Morgan fingerprint density at radius 2 is 1.29 bits per heavy atom. The lowest BCUT2D eigenvalue weighted by molar-refractivity contribution is 1.14. The molecule has 0 aliphatic heterocycles. The fourth-order valence-electron chi connectivity index (χ4n) is 1.55. The van der Waals surface area contributed by atoms with Crippen molar-refractivity contribution >= 4 is 46.4 Å². The van der Waals surface area contributed by atoms with Gasteiger partial charge in [-0.1, -0.05) is 53.0 Å². The third kappa shape index (κ3) is 2.89. The fraction of sp³-hybridized carbons (Fsp3) is 0.0769. The van der Waals surface area contributed by atoms with Crippen LogP contribution in [0, 0.1) is 0 Å². The van der Waals surface area contributed by atoms with E-state index in [0.29, 0.717) is 15.1 Å². The van der Waals surface area contributed by atoms with Crippen LogP contribution in [0.3, 0.4) is 0 Å². The molecular formula is C13H8Cl4. The van der Waals surface area contributed by atoms with E-state index < -0.39 is 0 Å². The zero-order valence-electron chi connectivity index (χ0n) is 8.63. The monoisotopic (exact) mass is 304 g/mol. The Labute approximate surface area is 120 Å². The summed E-state index contributed by atoms with van der Waals surface area (Å²) in [6.07, 6.45) is 0. The van der Waals surface area contributed by atoms with Gasteiger partial charge in [-0.15, -0.1) is 11.6 Å². The van der Waals surface area contributed by atoms with Crippen molar-refractivity contribution in [1.29, 1.82) is 0 Å². The fourth-order valence-corrected chi connectivity index (χ4v) is 2.79. The van der Waals surface area contributed by atoms with Crippen LogP contribution in [-0.2, 0) is 0 Å². The van der Waals surface area contributed by atoms with Gasteiger partial charge in [0.15, 0.2) is 0 Å². The molecule has 0 spiro atoms. The molecule has 0 N–H and O–H groups in total. The molecule has 1 unspecified atom stereocenters. The van der Waals surface area contributed by atoms with Crippen LogP contribution in [-0.4, -0.2) is 0 Å². The van der Waals surface area contributed by atoms with Crippen LogP contribution in [0.5, 0.6) is 0 Å². The Morgan fingerprint density at radius 3 is 1.82 bits per heavy atom. The first-order valence-electron chi connectivity index (χ1n) is 4.93. The summed E-state index contributed by atoms with van der Waals surface area (Å²) in [5.74, 6) is 0. The van der Waals surface area contributed by atoms with Crippen molar-refractivity contribution in [3.8, 4) is 0 Å². The van der Waals surface area contributed by atoms with Crippen molar-refractivity contribution in [2.24, 2.45) is 0 Å². The van der Waals surface area contributed by atoms with E-state index in [-0.39, 0.29) is 5.38 Å². The minimum absolute atomic E-state index is 0.381. The quantitative estimate of drug-likeness (QED) is 0.599. The van der Waals surface area contributed by atoms with Crippen LogP contribution >= 0.6 is 46.4 Å². The van der Waals surface area contributed by atoms with Crippen LogP contribution in [0.4, 0.5) is 0 Å². The third-order valence-corrected chi connectivity index (χ3v) is 3.80. The van der Waals surface area contributed by atoms with Crippen molar-refractivity contribution in [3.05, 3.63) is 68.7 Å². The molecule has 17 heavy (non-hydrogen) atoms. The molecule has 1 atom stereocenters. The number of rotatable bonds is 2. The van der Waals surface area contributed by atoms with Gasteiger partial charge in [-0.2, -0.15) is 0 Å². The predicted octanol–water partition coefficient (Wildman–Crippen LogP) is 5.98. The average molecular weight is 306 g/mol. The molecule has 0 radical (unpaired) electrons. The van der Waals surface area contributed by atoms with E-state index in [0.717, 1.165) is 11.1 Å². The van der Waals surface area contributed by atoms with Crippen molar-refractivity contribution in [1.82, 2.24) is 0 Å². The Morgan fingerprint density at radius 1 is 0.765 bits per heavy atom. The first-order chi connectivity index (χ1) is 8.09. The van der Waals surface area contributed by atoms with Gasteiger partial charge >= 0.3 is 0 Å². The van der Waals surface area contributed by atoms with Gasteiger partial charge < -0.3 is 0 Å². The van der Waals surface area contributed by atoms with Gasteiger partial charge in [0, 0.05) is 20.6 Å². The maximum atomic E-state index is 6.38. The van der Waals surface area contributed by atoms with Gasteiger partial charge in [0.05, 0.1) is 5.38 Å². The summed E-state index contributed by atoms with van der Waals surface area (Å²) in [4.78, 5) is 0. The molecule has 0 bridgehead atoms. The van der Waals surface area contributed by atoms with Crippen LogP contribution < -0.4 is 0 Å². The lowest BCUT2D eigenvalue weighted by Gasteiger charge is -2.13. The first-order valence-corrected chi connectivity index (χ1v) is 6.50. The molecule has 0 amide bonds. The Kier molecular flexibility index (Phi) is 4.22. The highest BCUT2D eigenvalue weighted by Gasteiger charge is 2.17. The minimum atomic E-state index is -0.381. The van der Waals surface area contributed by atoms with Gasteiger partial charge in [-0.05, 0) is 29.8 Å². The Bertz CT molecular complexity index is 499. The molecule has 2 aromatic rings. The molecule has 0 aliphatic rings. The second-order valence-corrected chi connectivity index (χ2v) is 5.24. The molecule has 0 aromatic heterocycles. The smallest absolute Gasteiger partial charge is 0.0864 e. The van der Waals surface area contributed by atoms with Gasteiger partial charge in [-0.25, -0.2) is 0 Å². The molecular weight excluding hydrogens is 298 g/mol. The number of hydrogen-bond acceptors (Lipinski definition) is 0. The normalized spacial score (nSPS) is 12.5. The van der Waals surface area contributed by atoms with Crippen LogP contribution in [0.25, 0.3) is 0 Å². The van der Waals surface area contributed by atoms with Gasteiger partial charge in [0.2, 0.25) is 0 Å². The molecule has 0 heterocycles. The summed E-state index contributed by atoms with van der Waals surface area (Å²) in [6.45, 7) is 0. The predicted molar refractivity (Wildman–Crippen MR) is 75.6 cm³/mol. The molecule has 0 fully saturated rings. The van der Waals surface area contributed by atoms with Crippen LogP contribution in [0.2, 0.25) is 15.1 Å². The zero-order chi connectivity index (χ0) is 12.4. The topological polar surface area (TPSA) is 0 Å². The SMILES string of the molecule is Clc1ccc(C(Cl)c2c(Cl)cccc2Cl)cc1. The summed E-state index contributed by atoms with van der Waals surface area (Å²) >= 11 is 24.4. The summed E-state index contributed by atoms with van der Waals surface area (Å²) in [7, 11) is 0. The largest absolute Gasteiger partial charge is 0.112 e. The van der Waals surface area contributed by atoms with E-state index in [1.807, 2.05) is 12.1 Å². The minimum Gasteiger partial charge on any atom is -0.112 e. The standard InChI is InChI=1S/C13H8Cl4/c14-9-6-4-8(5-7-9)13(17)12-10(15)2-1-3-11(12)16/h1-7,13H. The summed E-state index contributed by atoms with van der Waals surface area (Å²) in [6, 6.07) is 12.6. The highest BCUT2D eigenvalue weighted by Crippen LogP contribution is 2.38. The number of hydrogen-bond donors (Lipinski definition) is 0. The third-order valence-electron chi connectivity index (χ3n) is 2.42. The van der Waals surface area contributed by atoms with Crippen molar-refractivity contribution in [2.75, 3.05) is 0 Å². The molecule has 0 aliphatic carbocycles. The molecule has 0 saturated carbocycles. The summed E-state index contributed by atoms with van der Waals surface area (Å²) < 4.78 is 0. The van der Waals surface area contributed by atoms with Gasteiger partial charge in [-0.3, -0.25) is 0 Å². The maximum Gasteiger partial charge on any atom is 0.0864 e. The van der Waals surface area contributed by atoms with Crippen molar-refractivity contribution < 1.29 is 0 Å². The average Bonchev–Trinajstić information content (AvgIpc) is 2.29. The first kappa shape index (κ1) is 13.0. The molecule has 88 valence electrons. The van der Waals surface area contributed by atoms with Gasteiger partial charge in [0.25, 0.3) is 0 Å². The van der Waals surface area contributed by atoms with E-state index in [2.05, 4.69) is 0 Å².